The Morgan fingerprint density at radius 3 is 2.40 bits per heavy atom. The van der Waals surface area contributed by atoms with Crippen LogP contribution in [0.2, 0.25) is 0 Å². The molecule has 110 valence electrons. The first-order valence-corrected chi connectivity index (χ1v) is 6.21. The third kappa shape index (κ3) is 2.97. The van der Waals surface area contributed by atoms with Crippen molar-refractivity contribution in [2.75, 3.05) is 6.61 Å². The van der Waals surface area contributed by atoms with Crippen LogP contribution in [0.5, 0.6) is 0 Å². The normalized spacial score (nSPS) is 33.7. The zero-order valence-electron chi connectivity index (χ0n) is 10.6. The quantitative estimate of drug-likeness (QED) is 0.447. The lowest BCUT2D eigenvalue weighted by molar-refractivity contribution is -0.260. The van der Waals surface area contributed by atoms with Crippen molar-refractivity contribution in [1.29, 1.82) is 0 Å². The Kier molecular flexibility index (Phi) is 4.69. The lowest BCUT2D eigenvalue weighted by Gasteiger charge is -2.40. The van der Waals surface area contributed by atoms with Crippen LogP contribution >= 0.6 is 0 Å². The van der Waals surface area contributed by atoms with Gasteiger partial charge in [-0.3, -0.25) is 4.79 Å². The summed E-state index contributed by atoms with van der Waals surface area (Å²) < 4.78 is 4.83. The largest absolute Gasteiger partial charge is 0.394 e. The van der Waals surface area contributed by atoms with Gasteiger partial charge in [0.25, 0.3) is 5.91 Å². The number of carbonyl (C=O) groups is 1. The SMILES string of the molecule is O=C(N[C@H]1[C@@H](O)[C@H](O)O[C@@H](CO)[C@H]1O)c1ccccc1. The maximum Gasteiger partial charge on any atom is 0.251 e. The van der Waals surface area contributed by atoms with E-state index in [4.69, 9.17) is 9.84 Å². The first-order valence-electron chi connectivity index (χ1n) is 6.21. The van der Waals surface area contributed by atoms with E-state index in [0.717, 1.165) is 0 Å². The average molecular weight is 283 g/mol. The fourth-order valence-electron chi connectivity index (χ4n) is 2.10. The minimum absolute atomic E-state index is 0.355. The molecule has 0 radical (unpaired) electrons. The number of aliphatic hydroxyl groups excluding tert-OH is 4. The Morgan fingerprint density at radius 1 is 1.15 bits per heavy atom. The number of aliphatic hydroxyl groups is 4. The summed E-state index contributed by atoms with van der Waals surface area (Å²) in [4.78, 5) is 12.0. The van der Waals surface area contributed by atoms with Crippen LogP contribution in [-0.4, -0.2) is 63.6 Å². The van der Waals surface area contributed by atoms with Crippen LogP contribution in [0, 0.1) is 0 Å². The molecule has 20 heavy (non-hydrogen) atoms. The Morgan fingerprint density at radius 2 is 1.80 bits per heavy atom. The first kappa shape index (κ1) is 14.9. The summed E-state index contributed by atoms with van der Waals surface area (Å²) in [5, 5.41) is 40.7. The summed E-state index contributed by atoms with van der Waals surface area (Å²) >= 11 is 0. The molecule has 5 N–H and O–H groups in total. The van der Waals surface area contributed by atoms with Crippen molar-refractivity contribution in [2.24, 2.45) is 0 Å². The lowest BCUT2D eigenvalue weighted by atomic mass is 9.96. The minimum atomic E-state index is -1.59. The van der Waals surface area contributed by atoms with Crippen LogP contribution in [0.1, 0.15) is 10.4 Å². The number of hydrogen-bond donors (Lipinski definition) is 5. The molecule has 1 aromatic carbocycles. The molecule has 1 heterocycles. The molecular weight excluding hydrogens is 266 g/mol. The van der Waals surface area contributed by atoms with Crippen LogP contribution in [0.15, 0.2) is 30.3 Å². The Balaban J connectivity index is 2.11. The third-order valence-corrected chi connectivity index (χ3v) is 3.24. The summed E-state index contributed by atoms with van der Waals surface area (Å²) in [7, 11) is 0. The van der Waals surface area contributed by atoms with Crippen molar-refractivity contribution in [3.05, 3.63) is 35.9 Å². The summed E-state index contributed by atoms with van der Waals surface area (Å²) in [5.41, 5.74) is 0.355. The molecule has 0 saturated carbocycles. The molecule has 0 aliphatic carbocycles. The Hall–Kier alpha value is -1.51. The van der Waals surface area contributed by atoms with E-state index in [1.54, 1.807) is 30.3 Å². The summed E-state index contributed by atoms with van der Waals surface area (Å²) in [5.74, 6) is -0.500. The maximum absolute atomic E-state index is 12.0. The topological polar surface area (TPSA) is 119 Å². The maximum atomic E-state index is 12.0. The highest BCUT2D eigenvalue weighted by Crippen LogP contribution is 2.20. The number of rotatable bonds is 3. The number of amides is 1. The number of hydrogen-bond acceptors (Lipinski definition) is 6. The molecule has 0 bridgehead atoms. The second kappa shape index (κ2) is 6.29. The van der Waals surface area contributed by atoms with Crippen molar-refractivity contribution in [1.82, 2.24) is 5.32 Å². The van der Waals surface area contributed by atoms with Gasteiger partial charge in [0.2, 0.25) is 0 Å². The molecule has 2 rings (SSSR count). The lowest BCUT2D eigenvalue weighted by Crippen LogP contribution is -2.64. The van der Waals surface area contributed by atoms with Gasteiger partial charge < -0.3 is 30.5 Å². The number of benzene rings is 1. The Bertz CT molecular complexity index is 453. The van der Waals surface area contributed by atoms with Crippen molar-refractivity contribution in [3.8, 4) is 0 Å². The highest BCUT2D eigenvalue weighted by Gasteiger charge is 2.44. The van der Waals surface area contributed by atoms with Crippen LogP contribution < -0.4 is 5.32 Å². The van der Waals surface area contributed by atoms with E-state index in [1.165, 1.54) is 0 Å². The highest BCUT2D eigenvalue weighted by molar-refractivity contribution is 5.94. The third-order valence-electron chi connectivity index (χ3n) is 3.24. The van der Waals surface area contributed by atoms with Gasteiger partial charge in [-0.15, -0.1) is 0 Å². The van der Waals surface area contributed by atoms with Gasteiger partial charge in [-0.05, 0) is 12.1 Å². The van der Waals surface area contributed by atoms with Crippen LogP contribution in [0.4, 0.5) is 0 Å². The summed E-state index contributed by atoms with van der Waals surface area (Å²) in [6, 6.07) is 7.12. The number of ether oxygens (including phenoxy) is 1. The van der Waals surface area contributed by atoms with E-state index < -0.39 is 43.2 Å². The molecule has 1 aliphatic rings. The fraction of sp³-hybridized carbons (Fsp3) is 0.462. The standard InChI is InChI=1S/C13H17NO6/c15-6-8-10(16)9(11(17)13(19)20-8)14-12(18)7-4-2-1-3-5-7/h1-5,8-11,13,15-17,19H,6H2,(H,14,18)/t8-,9+,10+,11+,13+/m0/s1. The molecule has 7 heteroatoms. The molecule has 1 fully saturated rings. The first-order chi connectivity index (χ1) is 9.54. The fourth-order valence-corrected chi connectivity index (χ4v) is 2.10. The van der Waals surface area contributed by atoms with E-state index in [1.807, 2.05) is 0 Å². The van der Waals surface area contributed by atoms with Gasteiger partial charge in [0.1, 0.15) is 18.3 Å². The van der Waals surface area contributed by atoms with E-state index in [-0.39, 0.29) is 0 Å². The molecule has 1 amide bonds. The zero-order valence-corrected chi connectivity index (χ0v) is 10.6. The van der Waals surface area contributed by atoms with Crippen LogP contribution in [0.25, 0.3) is 0 Å². The van der Waals surface area contributed by atoms with Gasteiger partial charge in [-0.25, -0.2) is 0 Å². The van der Waals surface area contributed by atoms with Gasteiger partial charge in [0.15, 0.2) is 6.29 Å². The summed E-state index contributed by atoms with van der Waals surface area (Å²) in [6.07, 6.45) is -5.47. The van der Waals surface area contributed by atoms with E-state index in [2.05, 4.69) is 5.32 Å². The predicted octanol–water partition coefficient (Wildman–Crippen LogP) is -1.78. The second-order valence-electron chi connectivity index (χ2n) is 4.59. The number of carbonyl (C=O) groups excluding carboxylic acids is 1. The van der Waals surface area contributed by atoms with Crippen molar-refractivity contribution in [3.63, 3.8) is 0 Å². The van der Waals surface area contributed by atoms with Crippen molar-refractivity contribution in [2.45, 2.75) is 30.6 Å². The zero-order chi connectivity index (χ0) is 14.7. The summed E-state index contributed by atoms with van der Waals surface area (Å²) in [6.45, 7) is -0.539. The molecular formula is C13H17NO6. The molecule has 0 aromatic heterocycles. The van der Waals surface area contributed by atoms with Crippen LogP contribution in [-0.2, 0) is 4.74 Å². The minimum Gasteiger partial charge on any atom is -0.394 e. The van der Waals surface area contributed by atoms with Gasteiger partial charge in [-0.2, -0.15) is 0 Å². The monoisotopic (exact) mass is 283 g/mol. The van der Waals surface area contributed by atoms with Gasteiger partial charge in [-0.1, -0.05) is 18.2 Å². The second-order valence-corrected chi connectivity index (χ2v) is 4.59. The molecule has 5 atom stereocenters. The average Bonchev–Trinajstić information content (AvgIpc) is 2.48. The molecule has 0 unspecified atom stereocenters. The Labute approximate surface area is 115 Å². The van der Waals surface area contributed by atoms with Crippen molar-refractivity contribution < 1.29 is 30.0 Å². The smallest absolute Gasteiger partial charge is 0.251 e. The van der Waals surface area contributed by atoms with Crippen LogP contribution in [0.3, 0.4) is 0 Å². The molecule has 0 spiro atoms. The van der Waals surface area contributed by atoms with Gasteiger partial charge >= 0.3 is 0 Å². The van der Waals surface area contributed by atoms with Gasteiger partial charge in [0.05, 0.1) is 12.6 Å². The number of nitrogens with one attached hydrogen (secondary N) is 1. The van der Waals surface area contributed by atoms with E-state index in [0.29, 0.717) is 5.56 Å². The van der Waals surface area contributed by atoms with Crippen molar-refractivity contribution >= 4 is 5.91 Å². The van der Waals surface area contributed by atoms with E-state index >= 15 is 0 Å². The molecule has 1 aromatic rings. The molecule has 7 nitrogen and oxygen atoms in total. The van der Waals surface area contributed by atoms with Gasteiger partial charge in [0, 0.05) is 5.56 Å². The highest BCUT2D eigenvalue weighted by atomic mass is 16.6. The molecule has 1 saturated heterocycles. The van der Waals surface area contributed by atoms with E-state index in [9.17, 15) is 20.1 Å². The predicted molar refractivity (Wildman–Crippen MR) is 67.7 cm³/mol. The molecule has 1 aliphatic heterocycles.